The number of carbonyl (C=O) groups is 1. The van der Waals surface area contributed by atoms with Crippen LogP contribution in [-0.2, 0) is 15.1 Å². The van der Waals surface area contributed by atoms with Crippen molar-refractivity contribution >= 4 is 5.91 Å². The van der Waals surface area contributed by atoms with Gasteiger partial charge in [0.05, 0.1) is 12.5 Å². The van der Waals surface area contributed by atoms with Crippen molar-refractivity contribution in [3.63, 3.8) is 0 Å². The fraction of sp³-hybridized carbons (Fsp3) is 0.632. The first-order chi connectivity index (χ1) is 11.0. The van der Waals surface area contributed by atoms with Crippen molar-refractivity contribution in [1.82, 2.24) is 10.2 Å². The molecule has 23 heavy (non-hydrogen) atoms. The summed E-state index contributed by atoms with van der Waals surface area (Å²) in [7, 11) is 6.04. The van der Waals surface area contributed by atoms with Gasteiger partial charge in [0.1, 0.15) is 0 Å². The van der Waals surface area contributed by atoms with Gasteiger partial charge in [-0.3, -0.25) is 9.69 Å². The van der Waals surface area contributed by atoms with E-state index in [1.165, 1.54) is 5.56 Å². The second-order valence-electron chi connectivity index (χ2n) is 7.38. The number of hydrogen-bond acceptors (Lipinski definition) is 3. The van der Waals surface area contributed by atoms with E-state index in [4.69, 9.17) is 4.74 Å². The van der Waals surface area contributed by atoms with Gasteiger partial charge in [-0.1, -0.05) is 30.3 Å². The fourth-order valence-corrected chi connectivity index (χ4v) is 4.64. The number of nitrogens with one attached hydrogen (secondary N) is 1. The minimum atomic E-state index is 0.00318. The van der Waals surface area contributed by atoms with Crippen molar-refractivity contribution < 1.29 is 9.53 Å². The molecule has 2 aliphatic rings. The lowest BCUT2D eigenvalue weighted by Gasteiger charge is -2.50. The average Bonchev–Trinajstić information content (AvgIpc) is 2.87. The Balaban J connectivity index is 1.85. The molecule has 0 bridgehead atoms. The SMILES string of the molecule is COCC1C(=O)NC[C@]12CC[C@@](c1ccccc1)(N(C)C)CC2. The van der Waals surface area contributed by atoms with Crippen LogP contribution in [0, 0.1) is 11.3 Å². The standard InChI is InChI=1S/C19H28N2O2/c1-21(2)19(15-7-5-4-6-8-15)11-9-18(10-12-19)14-20-17(22)16(18)13-23-3/h4-8,16H,9-14H2,1-3H3,(H,20,22)/t16?,18-,19-. The lowest BCUT2D eigenvalue weighted by Crippen LogP contribution is -2.49. The summed E-state index contributed by atoms with van der Waals surface area (Å²) in [4.78, 5) is 14.6. The Labute approximate surface area is 139 Å². The third-order valence-electron chi connectivity index (χ3n) is 6.24. The van der Waals surface area contributed by atoms with E-state index in [1.54, 1.807) is 7.11 Å². The van der Waals surface area contributed by atoms with Crippen LogP contribution in [0.1, 0.15) is 31.2 Å². The minimum Gasteiger partial charge on any atom is -0.384 e. The highest BCUT2D eigenvalue weighted by molar-refractivity contribution is 5.82. The van der Waals surface area contributed by atoms with Crippen molar-refractivity contribution in [3.8, 4) is 0 Å². The second kappa shape index (κ2) is 6.25. The third-order valence-corrected chi connectivity index (χ3v) is 6.24. The fourth-order valence-electron chi connectivity index (χ4n) is 4.64. The number of carbonyl (C=O) groups excluding carboxylic acids is 1. The Kier molecular flexibility index (Phi) is 4.47. The van der Waals surface area contributed by atoms with E-state index in [0.717, 1.165) is 32.2 Å². The van der Waals surface area contributed by atoms with Gasteiger partial charge in [0.15, 0.2) is 0 Å². The zero-order valence-electron chi connectivity index (χ0n) is 14.5. The number of methoxy groups -OCH3 is 1. The summed E-state index contributed by atoms with van der Waals surface area (Å²) >= 11 is 0. The molecule has 1 aliphatic carbocycles. The van der Waals surface area contributed by atoms with Crippen molar-refractivity contribution in [2.75, 3.05) is 34.4 Å². The Morgan fingerprint density at radius 1 is 1.17 bits per heavy atom. The molecule has 126 valence electrons. The van der Waals surface area contributed by atoms with Crippen LogP contribution in [0.15, 0.2) is 30.3 Å². The van der Waals surface area contributed by atoms with Gasteiger partial charge in [0, 0.05) is 24.6 Å². The van der Waals surface area contributed by atoms with E-state index in [9.17, 15) is 4.79 Å². The number of amides is 1. The highest BCUT2D eigenvalue weighted by Gasteiger charge is 2.53. The summed E-state index contributed by atoms with van der Waals surface area (Å²) in [5.41, 5.74) is 1.54. The van der Waals surface area contributed by atoms with Crippen LogP contribution in [0.2, 0.25) is 0 Å². The molecule has 1 aromatic carbocycles. The monoisotopic (exact) mass is 316 g/mol. The normalized spacial score (nSPS) is 34.1. The predicted octanol–water partition coefficient (Wildman–Crippen LogP) is 2.40. The van der Waals surface area contributed by atoms with E-state index < -0.39 is 0 Å². The lowest BCUT2D eigenvalue weighted by atomic mass is 9.61. The molecule has 1 N–H and O–H groups in total. The molecule has 3 rings (SSSR count). The zero-order valence-corrected chi connectivity index (χ0v) is 14.5. The van der Waals surface area contributed by atoms with Crippen LogP contribution in [0.25, 0.3) is 0 Å². The smallest absolute Gasteiger partial charge is 0.226 e. The molecular weight excluding hydrogens is 288 g/mol. The number of hydrogen-bond donors (Lipinski definition) is 1. The maximum absolute atomic E-state index is 12.2. The number of rotatable bonds is 4. The summed E-state index contributed by atoms with van der Waals surface area (Å²) in [6.07, 6.45) is 4.29. The molecule has 0 radical (unpaired) electrons. The van der Waals surface area contributed by atoms with Gasteiger partial charge >= 0.3 is 0 Å². The van der Waals surface area contributed by atoms with Gasteiger partial charge in [-0.05, 0) is 45.3 Å². The summed E-state index contributed by atoms with van der Waals surface area (Å²) in [6, 6.07) is 10.8. The van der Waals surface area contributed by atoms with E-state index in [2.05, 4.69) is 54.6 Å². The molecule has 4 heteroatoms. The molecule has 1 atom stereocenters. The summed E-state index contributed by atoms with van der Waals surface area (Å²) < 4.78 is 5.34. The average molecular weight is 316 g/mol. The van der Waals surface area contributed by atoms with Gasteiger partial charge in [-0.2, -0.15) is 0 Å². The van der Waals surface area contributed by atoms with E-state index in [-0.39, 0.29) is 22.8 Å². The topological polar surface area (TPSA) is 41.6 Å². The molecule has 1 aromatic rings. The first-order valence-electron chi connectivity index (χ1n) is 8.54. The summed E-state index contributed by atoms with van der Waals surface area (Å²) in [6.45, 7) is 1.34. The van der Waals surface area contributed by atoms with Gasteiger partial charge in [-0.25, -0.2) is 0 Å². The van der Waals surface area contributed by atoms with E-state index in [0.29, 0.717) is 6.61 Å². The molecule has 1 heterocycles. The van der Waals surface area contributed by atoms with Crippen molar-refractivity contribution in [2.24, 2.45) is 11.3 Å². The maximum Gasteiger partial charge on any atom is 0.226 e. The minimum absolute atomic E-state index is 0.00318. The van der Waals surface area contributed by atoms with Gasteiger partial charge in [0.25, 0.3) is 0 Å². The van der Waals surface area contributed by atoms with E-state index >= 15 is 0 Å². The Bertz CT molecular complexity index is 548. The summed E-state index contributed by atoms with van der Waals surface area (Å²) in [5, 5.41) is 3.08. The van der Waals surface area contributed by atoms with Crippen LogP contribution < -0.4 is 5.32 Å². The number of ether oxygens (including phenoxy) is 1. The third kappa shape index (κ3) is 2.68. The van der Waals surface area contributed by atoms with E-state index in [1.807, 2.05) is 0 Å². The molecular formula is C19H28N2O2. The Hall–Kier alpha value is -1.39. The molecule has 0 aromatic heterocycles. The van der Waals surface area contributed by atoms with Crippen molar-refractivity contribution in [1.29, 1.82) is 0 Å². The summed E-state index contributed by atoms with van der Waals surface area (Å²) in [5.74, 6) is 0.173. The second-order valence-corrected chi connectivity index (χ2v) is 7.38. The zero-order chi connectivity index (χ0) is 16.5. The molecule has 1 aliphatic heterocycles. The molecule has 1 spiro atoms. The largest absolute Gasteiger partial charge is 0.384 e. The highest BCUT2D eigenvalue weighted by Crippen LogP contribution is 2.52. The highest BCUT2D eigenvalue weighted by atomic mass is 16.5. The molecule has 4 nitrogen and oxygen atoms in total. The van der Waals surface area contributed by atoms with Crippen molar-refractivity contribution in [2.45, 2.75) is 31.2 Å². The van der Waals surface area contributed by atoms with Crippen LogP contribution in [-0.4, -0.2) is 45.2 Å². The Morgan fingerprint density at radius 3 is 2.39 bits per heavy atom. The number of nitrogens with zero attached hydrogens (tertiary/aromatic N) is 1. The quantitative estimate of drug-likeness (QED) is 0.927. The van der Waals surface area contributed by atoms with Gasteiger partial charge in [-0.15, -0.1) is 0 Å². The van der Waals surface area contributed by atoms with Crippen LogP contribution in [0.3, 0.4) is 0 Å². The molecule has 1 amide bonds. The molecule has 1 saturated heterocycles. The van der Waals surface area contributed by atoms with Gasteiger partial charge < -0.3 is 10.1 Å². The maximum atomic E-state index is 12.2. The number of benzene rings is 1. The van der Waals surface area contributed by atoms with Crippen molar-refractivity contribution in [3.05, 3.63) is 35.9 Å². The van der Waals surface area contributed by atoms with Crippen LogP contribution in [0.4, 0.5) is 0 Å². The lowest BCUT2D eigenvalue weighted by molar-refractivity contribution is -0.127. The first-order valence-corrected chi connectivity index (χ1v) is 8.54. The molecule has 1 saturated carbocycles. The predicted molar refractivity (Wildman–Crippen MR) is 91.1 cm³/mol. The molecule has 2 fully saturated rings. The Morgan fingerprint density at radius 2 is 1.83 bits per heavy atom. The molecule has 1 unspecified atom stereocenters. The van der Waals surface area contributed by atoms with Crippen LogP contribution >= 0.6 is 0 Å². The van der Waals surface area contributed by atoms with Crippen LogP contribution in [0.5, 0.6) is 0 Å². The van der Waals surface area contributed by atoms with Gasteiger partial charge in [0.2, 0.25) is 5.91 Å². The first kappa shape index (κ1) is 16.5.